The van der Waals surface area contributed by atoms with Gasteiger partial charge in [-0.05, 0) is 47.0 Å². The molecule has 6 heteroatoms. The number of amides is 1. The van der Waals surface area contributed by atoms with Crippen molar-refractivity contribution < 1.29 is 24.2 Å². The highest BCUT2D eigenvalue weighted by atomic mass is 16.6. The summed E-state index contributed by atoms with van der Waals surface area (Å²) >= 11 is 0. The minimum absolute atomic E-state index is 0.185. The number of carbonyl (C=O) groups excluding carboxylic acids is 1. The molecule has 0 aliphatic carbocycles. The number of ether oxygens (including phenoxy) is 2. The molecule has 0 aromatic rings. The second-order valence-electron chi connectivity index (χ2n) is 6.41. The van der Waals surface area contributed by atoms with Crippen LogP contribution in [0.15, 0.2) is 0 Å². The van der Waals surface area contributed by atoms with Gasteiger partial charge in [0, 0.05) is 6.61 Å². The Bertz CT molecular complexity index is 355. The van der Waals surface area contributed by atoms with Gasteiger partial charge in [0.05, 0.1) is 18.1 Å². The molecule has 6 nitrogen and oxygen atoms in total. The number of carboxylic acid groups (broad SMARTS) is 1. The van der Waals surface area contributed by atoms with E-state index < -0.39 is 29.3 Å². The van der Waals surface area contributed by atoms with Crippen molar-refractivity contribution in [1.82, 2.24) is 5.32 Å². The summed E-state index contributed by atoms with van der Waals surface area (Å²) in [6, 6.07) is -0.602. The van der Waals surface area contributed by atoms with Gasteiger partial charge in [-0.3, -0.25) is 4.79 Å². The molecule has 1 saturated heterocycles. The summed E-state index contributed by atoms with van der Waals surface area (Å²) in [7, 11) is 0. The zero-order valence-corrected chi connectivity index (χ0v) is 12.7. The molecule has 1 unspecified atom stereocenters. The number of hydrogen-bond donors (Lipinski definition) is 2. The molecule has 1 amide bonds. The average molecular weight is 287 g/mol. The van der Waals surface area contributed by atoms with E-state index in [-0.39, 0.29) is 6.42 Å². The van der Waals surface area contributed by atoms with Crippen LogP contribution >= 0.6 is 0 Å². The second kappa shape index (κ2) is 6.43. The Morgan fingerprint density at radius 2 is 2.05 bits per heavy atom. The lowest BCUT2D eigenvalue weighted by Crippen LogP contribution is -2.55. The van der Waals surface area contributed by atoms with E-state index in [0.717, 1.165) is 19.3 Å². The molecule has 2 atom stereocenters. The van der Waals surface area contributed by atoms with Crippen molar-refractivity contribution >= 4 is 12.1 Å². The Morgan fingerprint density at radius 3 is 2.50 bits per heavy atom. The number of carboxylic acids is 1. The first-order valence-electron chi connectivity index (χ1n) is 6.98. The highest BCUT2D eigenvalue weighted by molar-refractivity contribution is 5.72. The van der Waals surface area contributed by atoms with Crippen molar-refractivity contribution in [2.45, 2.75) is 70.6 Å². The van der Waals surface area contributed by atoms with Gasteiger partial charge in [-0.25, -0.2) is 4.79 Å². The molecule has 0 spiro atoms. The molecule has 0 aromatic carbocycles. The lowest BCUT2D eigenvalue weighted by atomic mass is 9.86. The third-order valence-electron chi connectivity index (χ3n) is 3.31. The van der Waals surface area contributed by atoms with Crippen LogP contribution in [0.5, 0.6) is 0 Å². The van der Waals surface area contributed by atoms with Crippen molar-refractivity contribution in [1.29, 1.82) is 0 Å². The molecule has 0 aromatic heterocycles. The van der Waals surface area contributed by atoms with Gasteiger partial charge >= 0.3 is 12.1 Å². The van der Waals surface area contributed by atoms with Gasteiger partial charge in [0.25, 0.3) is 0 Å². The summed E-state index contributed by atoms with van der Waals surface area (Å²) < 4.78 is 10.9. The van der Waals surface area contributed by atoms with Crippen LogP contribution in [0.3, 0.4) is 0 Å². The third-order valence-corrected chi connectivity index (χ3v) is 3.31. The van der Waals surface area contributed by atoms with Gasteiger partial charge in [0.1, 0.15) is 5.60 Å². The smallest absolute Gasteiger partial charge is 0.407 e. The monoisotopic (exact) mass is 287 g/mol. The molecule has 20 heavy (non-hydrogen) atoms. The van der Waals surface area contributed by atoms with E-state index in [9.17, 15) is 9.59 Å². The van der Waals surface area contributed by atoms with E-state index in [1.807, 2.05) is 6.92 Å². The minimum Gasteiger partial charge on any atom is -0.481 e. The fraction of sp³-hybridized carbons (Fsp3) is 0.857. The Kier molecular flexibility index (Phi) is 5.39. The number of alkyl carbamates (subject to hydrolysis) is 1. The molecule has 2 N–H and O–H groups in total. The number of carbonyl (C=O) groups is 2. The molecular weight excluding hydrogens is 262 g/mol. The van der Waals surface area contributed by atoms with Crippen LogP contribution in [-0.4, -0.2) is 41.0 Å². The molecule has 1 rings (SSSR count). The van der Waals surface area contributed by atoms with Gasteiger partial charge in [0.15, 0.2) is 0 Å². The molecule has 1 aliphatic rings. The van der Waals surface area contributed by atoms with E-state index in [2.05, 4.69) is 5.32 Å². The van der Waals surface area contributed by atoms with Gasteiger partial charge in [-0.2, -0.15) is 0 Å². The van der Waals surface area contributed by atoms with Crippen LogP contribution < -0.4 is 5.32 Å². The van der Waals surface area contributed by atoms with Gasteiger partial charge < -0.3 is 19.9 Å². The second-order valence-corrected chi connectivity index (χ2v) is 6.41. The molecule has 1 fully saturated rings. The zero-order chi connectivity index (χ0) is 15.4. The Hall–Kier alpha value is -1.30. The summed E-state index contributed by atoms with van der Waals surface area (Å²) in [5, 5.41) is 11.7. The number of rotatable bonds is 4. The van der Waals surface area contributed by atoms with E-state index in [4.69, 9.17) is 14.6 Å². The highest BCUT2D eigenvalue weighted by Gasteiger charge is 2.39. The van der Waals surface area contributed by atoms with Crippen LogP contribution in [0.4, 0.5) is 4.79 Å². The summed E-state index contributed by atoms with van der Waals surface area (Å²) in [5.74, 6) is -0.971. The average Bonchev–Trinajstić information content (AvgIpc) is 2.25. The maximum absolute atomic E-state index is 11.9. The fourth-order valence-corrected chi connectivity index (χ4v) is 2.27. The molecular formula is C14H25NO5. The van der Waals surface area contributed by atoms with Gasteiger partial charge in [-0.1, -0.05) is 0 Å². The van der Waals surface area contributed by atoms with Crippen LogP contribution in [0.1, 0.15) is 53.4 Å². The summed E-state index contributed by atoms with van der Waals surface area (Å²) in [5.41, 5.74) is -1.28. The first kappa shape index (κ1) is 16.8. The lowest BCUT2D eigenvalue weighted by Gasteiger charge is -2.40. The zero-order valence-electron chi connectivity index (χ0n) is 12.7. The van der Waals surface area contributed by atoms with Crippen molar-refractivity contribution in [3.63, 3.8) is 0 Å². The number of hydrogen-bond acceptors (Lipinski definition) is 4. The van der Waals surface area contributed by atoms with Crippen LogP contribution in [-0.2, 0) is 14.3 Å². The van der Waals surface area contributed by atoms with E-state index >= 15 is 0 Å². The molecule has 1 aliphatic heterocycles. The van der Waals surface area contributed by atoms with Crippen LogP contribution in [0.25, 0.3) is 0 Å². The van der Waals surface area contributed by atoms with E-state index in [1.54, 1.807) is 20.8 Å². The molecule has 0 saturated carbocycles. The SMILES string of the molecule is CC(C)(C)OC(=O)N[C@H](CC(=O)O)C1(C)CCCCO1. The normalized spacial score (nSPS) is 24.8. The fourth-order valence-electron chi connectivity index (χ4n) is 2.27. The molecule has 0 bridgehead atoms. The predicted octanol–water partition coefficient (Wildman–Crippen LogP) is 2.31. The summed E-state index contributed by atoms with van der Waals surface area (Å²) in [6.07, 6.45) is 1.85. The van der Waals surface area contributed by atoms with Crippen LogP contribution in [0, 0.1) is 0 Å². The first-order valence-corrected chi connectivity index (χ1v) is 6.98. The largest absolute Gasteiger partial charge is 0.481 e. The Morgan fingerprint density at radius 1 is 1.40 bits per heavy atom. The minimum atomic E-state index is -0.971. The Labute approximate surface area is 119 Å². The lowest BCUT2D eigenvalue weighted by molar-refractivity contribution is -0.142. The number of aliphatic carboxylic acids is 1. The van der Waals surface area contributed by atoms with Gasteiger partial charge in [-0.15, -0.1) is 0 Å². The molecule has 116 valence electrons. The molecule has 1 heterocycles. The van der Waals surface area contributed by atoms with E-state index in [0.29, 0.717) is 6.61 Å². The van der Waals surface area contributed by atoms with Crippen molar-refractivity contribution in [2.75, 3.05) is 6.61 Å². The maximum atomic E-state index is 11.9. The van der Waals surface area contributed by atoms with Crippen molar-refractivity contribution in [3.8, 4) is 0 Å². The summed E-state index contributed by atoms with van der Waals surface area (Å²) in [4.78, 5) is 22.9. The quantitative estimate of drug-likeness (QED) is 0.828. The van der Waals surface area contributed by atoms with Crippen LogP contribution in [0.2, 0.25) is 0 Å². The first-order chi connectivity index (χ1) is 9.12. The van der Waals surface area contributed by atoms with Crippen molar-refractivity contribution in [2.24, 2.45) is 0 Å². The Balaban J connectivity index is 2.73. The molecule has 0 radical (unpaired) electrons. The predicted molar refractivity (Wildman–Crippen MR) is 73.6 cm³/mol. The van der Waals surface area contributed by atoms with Gasteiger partial charge in [0.2, 0.25) is 0 Å². The third kappa shape index (κ3) is 5.36. The summed E-state index contributed by atoms with van der Waals surface area (Å²) in [6.45, 7) is 7.71. The standard InChI is InChI=1S/C14H25NO5/c1-13(2,3)20-12(18)15-10(9-11(16)17)14(4)7-5-6-8-19-14/h10H,5-9H2,1-4H3,(H,15,18)(H,16,17)/t10-,14?/m1/s1. The van der Waals surface area contributed by atoms with Crippen molar-refractivity contribution in [3.05, 3.63) is 0 Å². The maximum Gasteiger partial charge on any atom is 0.407 e. The van der Waals surface area contributed by atoms with E-state index in [1.165, 1.54) is 0 Å². The number of nitrogens with one attached hydrogen (secondary N) is 1. The highest BCUT2D eigenvalue weighted by Crippen LogP contribution is 2.29. The topological polar surface area (TPSA) is 84.9 Å².